The Morgan fingerprint density at radius 1 is 0.857 bits per heavy atom. The Morgan fingerprint density at radius 3 is 1.90 bits per heavy atom. The van der Waals surface area contributed by atoms with Crippen LogP contribution in [0.25, 0.3) is 0 Å². The minimum atomic E-state index is 0.0204. The summed E-state index contributed by atoms with van der Waals surface area (Å²) in [5.74, 6) is 0. The van der Waals surface area contributed by atoms with E-state index in [2.05, 4.69) is 48.5 Å². The monoisotopic (exact) mass is 308 g/mol. The van der Waals surface area contributed by atoms with E-state index in [0.29, 0.717) is 0 Å². The first-order valence-corrected chi connectivity index (χ1v) is 10.5. The molecule has 0 N–H and O–H groups in total. The highest BCUT2D eigenvalue weighted by Crippen LogP contribution is 2.40. The normalized spacial score (nSPS) is 17.9. The van der Waals surface area contributed by atoms with Crippen molar-refractivity contribution in [1.82, 2.24) is 0 Å². The van der Waals surface area contributed by atoms with Gasteiger partial charge < -0.3 is 4.74 Å². The standard InChI is InChI=1S/C19H36OSi/c1-14-15(2)17(4)18(16(14)3)21-13-11-9-8-10-12-20-19(5,6)7/h18H,8-13,21H2,1-7H3. The lowest BCUT2D eigenvalue weighted by Gasteiger charge is -2.19. The predicted molar refractivity (Wildman–Crippen MR) is 98.0 cm³/mol. The maximum Gasteiger partial charge on any atom is 0.0598 e. The third kappa shape index (κ3) is 6.12. The van der Waals surface area contributed by atoms with Crippen LogP contribution >= 0.6 is 0 Å². The topological polar surface area (TPSA) is 9.23 Å². The molecule has 0 amide bonds. The van der Waals surface area contributed by atoms with Crippen LogP contribution in [0.15, 0.2) is 22.3 Å². The fourth-order valence-electron chi connectivity index (χ4n) is 3.23. The van der Waals surface area contributed by atoms with Gasteiger partial charge in [-0.25, -0.2) is 0 Å². The molecule has 0 radical (unpaired) electrons. The molecule has 0 atom stereocenters. The minimum Gasteiger partial charge on any atom is -0.376 e. The Morgan fingerprint density at radius 2 is 1.38 bits per heavy atom. The summed E-state index contributed by atoms with van der Waals surface area (Å²) >= 11 is 0. The SMILES string of the molecule is CC1=C(C)C([SiH2]CCCCCCOC(C)(C)C)C(C)=C1C. The molecule has 0 spiro atoms. The van der Waals surface area contributed by atoms with Gasteiger partial charge >= 0.3 is 0 Å². The molecular weight excluding hydrogens is 272 g/mol. The second-order valence-corrected chi connectivity index (χ2v) is 9.79. The van der Waals surface area contributed by atoms with Gasteiger partial charge in [-0.2, -0.15) is 0 Å². The Balaban J connectivity index is 2.11. The summed E-state index contributed by atoms with van der Waals surface area (Å²) in [5.41, 5.74) is 7.40. The van der Waals surface area contributed by atoms with Crippen LogP contribution in [0.2, 0.25) is 11.6 Å². The van der Waals surface area contributed by atoms with Crippen LogP contribution < -0.4 is 0 Å². The zero-order valence-electron chi connectivity index (χ0n) is 15.4. The summed E-state index contributed by atoms with van der Waals surface area (Å²) in [6.45, 7) is 16.6. The smallest absolute Gasteiger partial charge is 0.0598 e. The number of ether oxygens (including phenoxy) is 1. The van der Waals surface area contributed by atoms with Crippen LogP contribution in [-0.2, 0) is 4.74 Å². The molecule has 0 aliphatic heterocycles. The van der Waals surface area contributed by atoms with Crippen molar-refractivity contribution in [2.75, 3.05) is 6.61 Å². The largest absolute Gasteiger partial charge is 0.376 e. The van der Waals surface area contributed by atoms with Crippen LogP contribution in [0, 0.1) is 0 Å². The van der Waals surface area contributed by atoms with Gasteiger partial charge in [0.2, 0.25) is 0 Å². The van der Waals surface area contributed by atoms with Crippen molar-refractivity contribution in [2.45, 2.75) is 91.3 Å². The van der Waals surface area contributed by atoms with Crippen LogP contribution in [-0.4, -0.2) is 21.7 Å². The first-order chi connectivity index (χ1) is 9.74. The molecule has 0 heterocycles. The first kappa shape index (κ1) is 18.7. The molecule has 1 aliphatic carbocycles. The molecule has 0 unspecified atom stereocenters. The van der Waals surface area contributed by atoms with Crippen LogP contribution in [0.4, 0.5) is 0 Å². The second-order valence-electron chi connectivity index (χ2n) is 7.69. The van der Waals surface area contributed by atoms with E-state index in [9.17, 15) is 0 Å². The highest BCUT2D eigenvalue weighted by atomic mass is 28.2. The van der Waals surface area contributed by atoms with Gasteiger partial charge in [-0.15, -0.1) is 0 Å². The van der Waals surface area contributed by atoms with Crippen molar-refractivity contribution < 1.29 is 4.74 Å². The fraction of sp³-hybridized carbons (Fsp3) is 0.789. The lowest BCUT2D eigenvalue weighted by Crippen LogP contribution is -2.19. The van der Waals surface area contributed by atoms with Gasteiger partial charge in [-0.3, -0.25) is 0 Å². The first-order valence-electron chi connectivity index (χ1n) is 8.73. The van der Waals surface area contributed by atoms with Gasteiger partial charge in [0.15, 0.2) is 0 Å². The zero-order chi connectivity index (χ0) is 16.0. The Hall–Kier alpha value is -0.343. The van der Waals surface area contributed by atoms with E-state index in [0.717, 1.165) is 12.1 Å². The molecule has 0 saturated carbocycles. The van der Waals surface area contributed by atoms with E-state index in [-0.39, 0.29) is 15.1 Å². The lowest BCUT2D eigenvalue weighted by atomic mass is 10.1. The molecule has 0 saturated heterocycles. The number of rotatable bonds is 8. The van der Waals surface area contributed by atoms with Crippen molar-refractivity contribution in [3.05, 3.63) is 22.3 Å². The summed E-state index contributed by atoms with van der Waals surface area (Å²) in [6.07, 6.45) is 5.36. The van der Waals surface area contributed by atoms with Crippen LogP contribution in [0.3, 0.4) is 0 Å². The van der Waals surface area contributed by atoms with Crippen molar-refractivity contribution in [2.24, 2.45) is 0 Å². The summed E-state index contributed by atoms with van der Waals surface area (Å²) in [4.78, 5) is 0. The lowest BCUT2D eigenvalue weighted by molar-refractivity contribution is -0.00471. The van der Waals surface area contributed by atoms with E-state index in [1.165, 1.54) is 31.7 Å². The molecule has 0 aromatic heterocycles. The van der Waals surface area contributed by atoms with Gasteiger partial charge in [0.25, 0.3) is 0 Å². The Labute approximate surface area is 135 Å². The molecule has 122 valence electrons. The summed E-state index contributed by atoms with van der Waals surface area (Å²) in [5, 5.41) is 0. The Kier molecular flexibility index (Phi) is 7.42. The third-order valence-electron chi connectivity index (χ3n) is 4.96. The van der Waals surface area contributed by atoms with Gasteiger partial charge in [0.05, 0.1) is 5.60 Å². The average molecular weight is 309 g/mol. The summed E-state index contributed by atoms with van der Waals surface area (Å²) < 4.78 is 5.77. The van der Waals surface area contributed by atoms with Crippen LogP contribution in [0.1, 0.15) is 74.1 Å². The molecule has 1 nitrogen and oxygen atoms in total. The quantitative estimate of drug-likeness (QED) is 0.429. The predicted octanol–water partition coefficient (Wildman–Crippen LogP) is 5.42. The Bertz CT molecular complexity index is 374. The van der Waals surface area contributed by atoms with E-state index in [1.807, 2.05) is 0 Å². The summed E-state index contributed by atoms with van der Waals surface area (Å²) in [6, 6.07) is 1.50. The fourth-order valence-corrected chi connectivity index (χ4v) is 5.76. The van der Waals surface area contributed by atoms with Crippen molar-refractivity contribution in [3.8, 4) is 0 Å². The van der Waals surface area contributed by atoms with E-state index >= 15 is 0 Å². The number of unbranched alkanes of at least 4 members (excludes halogenated alkanes) is 3. The van der Waals surface area contributed by atoms with E-state index in [1.54, 1.807) is 22.3 Å². The second kappa shape index (κ2) is 8.33. The molecule has 0 aromatic carbocycles. The van der Waals surface area contributed by atoms with Gasteiger partial charge in [-0.05, 0) is 71.6 Å². The number of hydrogen-bond acceptors (Lipinski definition) is 1. The molecular formula is C19H36OSi. The van der Waals surface area contributed by atoms with Gasteiger partial charge in [-0.1, -0.05) is 36.5 Å². The highest BCUT2D eigenvalue weighted by molar-refractivity contribution is 6.40. The molecule has 2 heteroatoms. The zero-order valence-corrected chi connectivity index (χ0v) is 16.8. The number of hydrogen-bond donors (Lipinski definition) is 0. The third-order valence-corrected chi connectivity index (χ3v) is 7.67. The molecule has 0 bridgehead atoms. The molecule has 1 rings (SSSR count). The molecule has 1 aliphatic rings. The number of allylic oxidation sites excluding steroid dienone is 4. The van der Waals surface area contributed by atoms with Crippen LogP contribution in [0.5, 0.6) is 0 Å². The van der Waals surface area contributed by atoms with Gasteiger partial charge in [0, 0.05) is 16.1 Å². The molecule has 21 heavy (non-hydrogen) atoms. The minimum absolute atomic E-state index is 0.0204. The van der Waals surface area contributed by atoms with Gasteiger partial charge in [0.1, 0.15) is 0 Å². The van der Waals surface area contributed by atoms with Crippen molar-refractivity contribution >= 4 is 9.52 Å². The van der Waals surface area contributed by atoms with Crippen molar-refractivity contribution in [1.29, 1.82) is 0 Å². The maximum atomic E-state index is 5.77. The van der Waals surface area contributed by atoms with Crippen molar-refractivity contribution in [3.63, 3.8) is 0 Å². The van der Waals surface area contributed by atoms with E-state index < -0.39 is 0 Å². The maximum absolute atomic E-state index is 5.77. The molecule has 0 fully saturated rings. The molecule has 0 aromatic rings. The average Bonchev–Trinajstić information content (AvgIpc) is 2.57. The highest BCUT2D eigenvalue weighted by Gasteiger charge is 2.23. The summed E-state index contributed by atoms with van der Waals surface area (Å²) in [7, 11) is 0.0204. The van der Waals surface area contributed by atoms with E-state index in [4.69, 9.17) is 4.74 Å².